The van der Waals surface area contributed by atoms with Crippen LogP contribution in [0.25, 0.3) is 10.9 Å². The van der Waals surface area contributed by atoms with Crippen LogP contribution < -0.4 is 10.9 Å². The van der Waals surface area contributed by atoms with E-state index in [0.717, 1.165) is 15.2 Å². The number of hydrogen-bond donors (Lipinski definition) is 1. The van der Waals surface area contributed by atoms with Gasteiger partial charge in [0, 0.05) is 26.8 Å². The highest BCUT2D eigenvalue weighted by atomic mass is 32.2. The lowest BCUT2D eigenvalue weighted by atomic mass is 10.1. The first-order valence-corrected chi connectivity index (χ1v) is 9.58. The molecule has 8 heteroatoms. The number of anilines is 1. The first kappa shape index (κ1) is 18.8. The first-order chi connectivity index (χ1) is 12.7. The van der Waals surface area contributed by atoms with Crippen molar-refractivity contribution in [3.63, 3.8) is 0 Å². The van der Waals surface area contributed by atoms with Gasteiger partial charge in [-0.2, -0.15) is 0 Å². The monoisotopic (exact) mass is 385 g/mol. The Labute approximate surface area is 156 Å². The van der Waals surface area contributed by atoms with Crippen LogP contribution in [0.2, 0.25) is 0 Å². The number of benzene rings is 2. The van der Waals surface area contributed by atoms with Gasteiger partial charge < -0.3 is 9.88 Å². The molecule has 3 aromatic rings. The van der Waals surface area contributed by atoms with E-state index in [0.29, 0.717) is 5.69 Å². The molecule has 3 rings (SSSR count). The summed E-state index contributed by atoms with van der Waals surface area (Å²) >= 11 is 0. The van der Waals surface area contributed by atoms with Crippen LogP contribution in [0.15, 0.2) is 64.3 Å². The second kappa shape index (κ2) is 6.98. The molecule has 0 bridgehead atoms. The normalized spacial score (nSPS) is 11.7. The van der Waals surface area contributed by atoms with Crippen LogP contribution in [-0.2, 0) is 17.1 Å². The van der Waals surface area contributed by atoms with Gasteiger partial charge in [-0.15, -0.1) is 0 Å². The van der Waals surface area contributed by atoms with Crippen molar-refractivity contribution in [3.05, 3.63) is 70.5 Å². The van der Waals surface area contributed by atoms with Crippen LogP contribution in [0.1, 0.15) is 10.4 Å². The minimum atomic E-state index is -3.54. The standard InChI is InChI=1S/C19H19N3O4S/c1-21(2)27(25,26)15-10-8-14(9-11-15)20-18(23)16-12-13-6-4-5-7-17(13)22(3)19(16)24/h4-12H,1-3H3,(H,20,23). The van der Waals surface area contributed by atoms with E-state index < -0.39 is 21.5 Å². The summed E-state index contributed by atoms with van der Waals surface area (Å²) in [4.78, 5) is 25.2. The third kappa shape index (κ3) is 3.49. The number of para-hydroxylation sites is 1. The lowest BCUT2D eigenvalue weighted by Crippen LogP contribution is -2.27. The number of nitrogens with zero attached hydrogens (tertiary/aromatic N) is 2. The van der Waals surface area contributed by atoms with Crippen molar-refractivity contribution in [2.24, 2.45) is 7.05 Å². The molecule has 0 aliphatic carbocycles. The van der Waals surface area contributed by atoms with Crippen LogP contribution in [0, 0.1) is 0 Å². The van der Waals surface area contributed by atoms with Crippen molar-refractivity contribution >= 4 is 32.5 Å². The topological polar surface area (TPSA) is 88.5 Å². The summed E-state index contributed by atoms with van der Waals surface area (Å²) in [7, 11) is 0.960. The van der Waals surface area contributed by atoms with Crippen molar-refractivity contribution in [2.75, 3.05) is 19.4 Å². The van der Waals surface area contributed by atoms with Crippen molar-refractivity contribution in [1.29, 1.82) is 0 Å². The molecular weight excluding hydrogens is 366 g/mol. The van der Waals surface area contributed by atoms with Gasteiger partial charge in [-0.25, -0.2) is 12.7 Å². The van der Waals surface area contributed by atoms with E-state index >= 15 is 0 Å². The zero-order valence-electron chi connectivity index (χ0n) is 15.1. The predicted molar refractivity (Wildman–Crippen MR) is 104 cm³/mol. The van der Waals surface area contributed by atoms with Gasteiger partial charge in [0.25, 0.3) is 11.5 Å². The molecule has 1 N–H and O–H groups in total. The minimum Gasteiger partial charge on any atom is -0.322 e. The average Bonchev–Trinajstić information content (AvgIpc) is 2.65. The fraction of sp³-hybridized carbons (Fsp3) is 0.158. The summed E-state index contributed by atoms with van der Waals surface area (Å²) in [5.41, 5.74) is 0.740. The number of nitrogens with one attached hydrogen (secondary N) is 1. The molecule has 0 fully saturated rings. The zero-order chi connectivity index (χ0) is 19.8. The van der Waals surface area contributed by atoms with Gasteiger partial charge in [-0.1, -0.05) is 18.2 Å². The SMILES string of the molecule is CN(C)S(=O)(=O)c1ccc(NC(=O)c2cc3ccccc3n(C)c2=O)cc1. The second-order valence-corrected chi connectivity index (χ2v) is 8.40. The molecule has 140 valence electrons. The molecule has 0 saturated heterocycles. The Morgan fingerprint density at radius 2 is 1.67 bits per heavy atom. The fourth-order valence-electron chi connectivity index (χ4n) is 2.70. The average molecular weight is 385 g/mol. The Morgan fingerprint density at radius 1 is 1.04 bits per heavy atom. The second-order valence-electron chi connectivity index (χ2n) is 6.25. The molecule has 0 radical (unpaired) electrons. The number of sulfonamides is 1. The molecule has 0 unspecified atom stereocenters. The highest BCUT2D eigenvalue weighted by Crippen LogP contribution is 2.18. The molecule has 7 nitrogen and oxygen atoms in total. The molecule has 0 spiro atoms. The Kier molecular flexibility index (Phi) is 4.86. The number of fused-ring (bicyclic) bond motifs is 1. The largest absolute Gasteiger partial charge is 0.322 e. The molecule has 1 aromatic heterocycles. The maximum absolute atomic E-state index is 12.6. The number of amides is 1. The lowest BCUT2D eigenvalue weighted by Gasteiger charge is -2.12. The number of aromatic nitrogens is 1. The molecule has 0 aliphatic rings. The van der Waals surface area contributed by atoms with Crippen LogP contribution in [0.3, 0.4) is 0 Å². The van der Waals surface area contributed by atoms with Gasteiger partial charge in [0.05, 0.1) is 10.4 Å². The Hall–Kier alpha value is -2.97. The maximum atomic E-state index is 12.6. The summed E-state index contributed by atoms with van der Waals surface area (Å²) in [5, 5.41) is 3.41. The summed E-state index contributed by atoms with van der Waals surface area (Å²) in [6.45, 7) is 0. The molecule has 1 amide bonds. The van der Waals surface area contributed by atoms with E-state index in [2.05, 4.69) is 5.32 Å². The van der Waals surface area contributed by atoms with Gasteiger partial charge in [-0.05, 0) is 41.8 Å². The van der Waals surface area contributed by atoms with E-state index in [1.165, 1.54) is 42.9 Å². The molecule has 0 atom stereocenters. The molecule has 0 saturated carbocycles. The number of hydrogen-bond acceptors (Lipinski definition) is 4. The number of carbonyl (C=O) groups is 1. The summed E-state index contributed by atoms with van der Waals surface area (Å²) in [6, 6.07) is 14.6. The molecule has 2 aromatic carbocycles. The minimum absolute atomic E-state index is 0.0150. The van der Waals surface area contributed by atoms with Crippen LogP contribution in [0.5, 0.6) is 0 Å². The van der Waals surface area contributed by atoms with Crippen LogP contribution in [0.4, 0.5) is 5.69 Å². The Morgan fingerprint density at radius 3 is 2.30 bits per heavy atom. The van der Waals surface area contributed by atoms with Crippen molar-refractivity contribution in [1.82, 2.24) is 8.87 Å². The maximum Gasteiger partial charge on any atom is 0.263 e. The number of carbonyl (C=O) groups excluding carboxylic acids is 1. The quantitative estimate of drug-likeness (QED) is 0.744. The lowest BCUT2D eigenvalue weighted by molar-refractivity contribution is 0.102. The van der Waals surface area contributed by atoms with E-state index in [1.807, 2.05) is 24.3 Å². The molecule has 0 aliphatic heterocycles. The smallest absolute Gasteiger partial charge is 0.263 e. The van der Waals surface area contributed by atoms with E-state index in [4.69, 9.17) is 0 Å². The van der Waals surface area contributed by atoms with Gasteiger partial charge in [0.2, 0.25) is 10.0 Å². The molecule has 1 heterocycles. The number of rotatable bonds is 4. The van der Waals surface area contributed by atoms with Gasteiger partial charge in [0.1, 0.15) is 5.56 Å². The predicted octanol–water partition coefficient (Wildman–Crippen LogP) is 2.04. The van der Waals surface area contributed by atoms with E-state index in [-0.39, 0.29) is 10.5 Å². The summed E-state index contributed by atoms with van der Waals surface area (Å²) < 4.78 is 26.7. The van der Waals surface area contributed by atoms with Crippen molar-refractivity contribution in [3.8, 4) is 0 Å². The summed E-state index contributed by atoms with van der Waals surface area (Å²) in [6.07, 6.45) is 0. The van der Waals surface area contributed by atoms with Gasteiger partial charge >= 0.3 is 0 Å². The van der Waals surface area contributed by atoms with Crippen LogP contribution in [-0.4, -0.2) is 37.3 Å². The van der Waals surface area contributed by atoms with Gasteiger partial charge in [-0.3, -0.25) is 9.59 Å². The first-order valence-electron chi connectivity index (χ1n) is 8.14. The van der Waals surface area contributed by atoms with Crippen LogP contribution >= 0.6 is 0 Å². The van der Waals surface area contributed by atoms with Crippen molar-refractivity contribution < 1.29 is 13.2 Å². The number of aryl methyl sites for hydroxylation is 1. The Balaban J connectivity index is 1.91. The summed E-state index contributed by atoms with van der Waals surface area (Å²) in [5.74, 6) is -0.551. The third-order valence-corrected chi connectivity index (χ3v) is 6.10. The number of pyridine rings is 1. The third-order valence-electron chi connectivity index (χ3n) is 4.27. The van der Waals surface area contributed by atoms with Crippen molar-refractivity contribution in [2.45, 2.75) is 4.90 Å². The molecular formula is C19H19N3O4S. The molecule has 27 heavy (non-hydrogen) atoms. The van der Waals surface area contributed by atoms with E-state index in [9.17, 15) is 18.0 Å². The van der Waals surface area contributed by atoms with Gasteiger partial charge in [0.15, 0.2) is 0 Å². The zero-order valence-corrected chi connectivity index (χ0v) is 15.9. The highest BCUT2D eigenvalue weighted by Gasteiger charge is 2.18. The highest BCUT2D eigenvalue weighted by molar-refractivity contribution is 7.89. The Bertz CT molecular complexity index is 1180. The fourth-order valence-corrected chi connectivity index (χ4v) is 3.61. The van der Waals surface area contributed by atoms with E-state index in [1.54, 1.807) is 13.1 Å².